The minimum atomic E-state index is -1.01. The van der Waals surface area contributed by atoms with Crippen molar-refractivity contribution in [1.29, 1.82) is 0 Å². The molecule has 2 aliphatic heterocycles. The molecular formula is C96H104Cl6N26O14. The molecule has 4 bridgehead atoms. The summed E-state index contributed by atoms with van der Waals surface area (Å²) in [7, 11) is 0. The number of carboxylic acids is 1. The van der Waals surface area contributed by atoms with Crippen LogP contribution in [0.2, 0.25) is 25.8 Å². The number of esters is 2. The van der Waals surface area contributed by atoms with Gasteiger partial charge in [0.25, 0.3) is 23.6 Å². The summed E-state index contributed by atoms with van der Waals surface area (Å²) >= 11 is 28.0. The number of halogens is 6. The number of aromatic nitrogens is 14. The predicted octanol–water partition coefficient (Wildman–Crippen LogP) is 14.3. The van der Waals surface area contributed by atoms with Gasteiger partial charge in [-0.15, -0.1) is 53.2 Å². The molecule has 0 spiro atoms. The maximum Gasteiger partial charge on any atom is 0.326 e. The summed E-state index contributed by atoms with van der Waals surface area (Å²) in [6.45, 7) is 16.2. The van der Waals surface area contributed by atoms with Crippen molar-refractivity contribution in [1.82, 2.24) is 79.2 Å². The molecule has 0 radical (unpaired) electrons. The number of carbonyl (C=O) groups excluding carboxylic acids is 9. The molecule has 4 unspecified atom stereocenters. The number of aryl methyl sites for hydroxylation is 2. The Kier molecular flexibility index (Phi) is 36.3. The molecule has 10 aromatic heterocycles. The van der Waals surface area contributed by atoms with Crippen molar-refractivity contribution in [2.45, 2.75) is 162 Å². The van der Waals surface area contributed by atoms with Gasteiger partial charge in [-0.2, -0.15) is 0 Å². The van der Waals surface area contributed by atoms with E-state index in [-0.39, 0.29) is 113 Å². The summed E-state index contributed by atoms with van der Waals surface area (Å²) in [4.78, 5) is 132. The summed E-state index contributed by atoms with van der Waals surface area (Å²) < 4.78 is 17.1. The van der Waals surface area contributed by atoms with Crippen molar-refractivity contribution in [3.63, 3.8) is 0 Å². The van der Waals surface area contributed by atoms with Gasteiger partial charge >= 0.3 is 17.9 Å². The number of ether oxygens (including phenoxy) is 2. The second kappa shape index (κ2) is 47.9. The number of hydrogen-bond acceptors (Lipinski definition) is 28. The van der Waals surface area contributed by atoms with E-state index in [2.05, 4.69) is 82.7 Å². The largest absolute Gasteiger partial charge is 0.480 e. The van der Waals surface area contributed by atoms with Gasteiger partial charge in [-0.3, -0.25) is 47.9 Å². The van der Waals surface area contributed by atoms with Gasteiger partial charge in [0.2, 0.25) is 17.7 Å². The minimum Gasteiger partial charge on any atom is -0.480 e. The predicted molar refractivity (Wildman–Crippen MR) is 544 cm³/mol. The lowest BCUT2D eigenvalue weighted by Crippen LogP contribution is -2.51. The fourth-order valence-corrected chi connectivity index (χ4v) is 17.0. The second-order valence-electron chi connectivity index (χ2n) is 35.0. The first-order chi connectivity index (χ1) is 66.9. The molecule has 12 heterocycles. The zero-order valence-corrected chi connectivity index (χ0v) is 82.8. The van der Waals surface area contributed by atoms with Gasteiger partial charge in [-0.1, -0.05) is 70.1 Å². The van der Waals surface area contributed by atoms with Crippen LogP contribution in [0.15, 0.2) is 183 Å². The van der Waals surface area contributed by atoms with Crippen LogP contribution in [-0.4, -0.2) is 185 Å². The van der Waals surface area contributed by atoms with Crippen molar-refractivity contribution < 1.29 is 67.6 Å². The SMILES string of the molecule is CC(C)(C)OC(=O)Cn1cc(C(N)=O)c2cc(N)ccc21.CC(C)(C)OC(=O)Cn1cc(C(N)=O)c2cc(Nc3ccc(Cl)nn3)ccc21.CCO.Cc1cccc(NC(=O)[C@@H]2C3CCC(C3)N2C(=O)Cn2cc(C(N)=O)c3cc(Nc4ccc(Cl)nn4)ccc32)n1.Cc1cccc(NC(=O)[C@H]2NC3CCC2C3)n1.Cl.Clc1ccc(Cl)nn1.NC(=O)c1cn(CC(=O)O)c2ccc(Nc3ccc(Cl)nn3)cc12. The number of aliphatic hydroxyl groups excluding tert-OH is 1. The topological polar surface area (TPSA) is 584 Å². The van der Waals surface area contributed by atoms with Crippen LogP contribution in [0, 0.1) is 25.7 Å². The minimum absolute atomic E-state index is 0. The molecule has 2 saturated heterocycles. The van der Waals surface area contributed by atoms with Gasteiger partial charge in [0.1, 0.15) is 55.1 Å². The molecule has 4 aliphatic rings. The fourth-order valence-electron chi connectivity index (χ4n) is 16.5. The van der Waals surface area contributed by atoms with Gasteiger partial charge < -0.3 is 103 Å². The molecule has 18 rings (SSSR count). The summed E-state index contributed by atoms with van der Waals surface area (Å²) in [5.41, 5.74) is 34.6. The Labute approximate surface area is 844 Å². The number of primary amides is 4. The van der Waals surface area contributed by atoms with E-state index in [1.165, 1.54) is 23.6 Å². The molecule has 7 amide bonds. The van der Waals surface area contributed by atoms with Gasteiger partial charge in [0, 0.05) is 121 Å². The van der Waals surface area contributed by atoms with Gasteiger partial charge in [0.05, 0.1) is 28.3 Å². The van der Waals surface area contributed by atoms with Crippen LogP contribution in [0.4, 0.5) is 51.8 Å². The average molecular weight is 2060 g/mol. The number of carbonyl (C=O) groups is 10. The molecule has 6 atom stereocenters. The number of rotatable bonds is 22. The molecule has 2 aliphatic carbocycles. The molecule has 2 saturated carbocycles. The second-order valence-corrected chi connectivity index (χ2v) is 36.9. The number of hydrogen-bond donors (Lipinski definition) is 13. The van der Waals surface area contributed by atoms with Crippen molar-refractivity contribution in [3.8, 4) is 0 Å². The lowest BCUT2D eigenvalue weighted by Gasteiger charge is -2.34. The summed E-state index contributed by atoms with van der Waals surface area (Å²) in [6.07, 6.45) is 12.3. The van der Waals surface area contributed by atoms with Crippen molar-refractivity contribution in [2.24, 2.45) is 34.8 Å². The number of nitrogens with one attached hydrogen (secondary N) is 6. The van der Waals surface area contributed by atoms with Crippen molar-refractivity contribution >= 4 is 225 Å². The van der Waals surface area contributed by atoms with E-state index in [0.29, 0.717) is 129 Å². The Bertz CT molecular complexity index is 6940. The monoisotopic (exact) mass is 2050 g/mol. The third-order valence-electron chi connectivity index (χ3n) is 22.0. The number of nitrogens with two attached hydrogens (primary N) is 5. The highest BCUT2D eigenvalue weighted by atomic mass is 35.5. The van der Waals surface area contributed by atoms with Crippen LogP contribution in [-0.2, 0) is 64.4 Å². The van der Waals surface area contributed by atoms with Crippen LogP contribution >= 0.6 is 70.4 Å². The Morgan fingerprint density at radius 3 is 1.13 bits per heavy atom. The summed E-state index contributed by atoms with van der Waals surface area (Å²) in [6, 6.07) is 45.1. The Balaban J connectivity index is 0.000000169. The fraction of sp³-hybridized carbons (Fsp3) is 0.292. The molecule has 142 heavy (non-hydrogen) atoms. The summed E-state index contributed by atoms with van der Waals surface area (Å²) in [5, 5.41) is 69.0. The number of carboxylic acid groups (broad SMARTS) is 1. The summed E-state index contributed by atoms with van der Waals surface area (Å²) in [5.74, 6) is -1.34. The third-order valence-corrected chi connectivity index (χ3v) is 23.0. The van der Waals surface area contributed by atoms with Crippen molar-refractivity contribution in [3.05, 3.63) is 242 Å². The highest BCUT2D eigenvalue weighted by Gasteiger charge is 2.51. The third kappa shape index (κ3) is 29.2. The first-order valence-electron chi connectivity index (χ1n) is 44.1. The van der Waals surface area contributed by atoms with E-state index < -0.39 is 52.8 Å². The first-order valence-corrected chi connectivity index (χ1v) is 46.0. The maximum absolute atomic E-state index is 13.7. The molecule has 4 fully saturated rings. The lowest BCUT2D eigenvalue weighted by atomic mass is 9.97. The Morgan fingerprint density at radius 1 is 0.437 bits per heavy atom. The van der Waals surface area contributed by atoms with E-state index in [0.717, 1.165) is 37.1 Å². The Morgan fingerprint density at radius 2 is 0.789 bits per heavy atom. The van der Waals surface area contributed by atoms with Crippen molar-refractivity contribution in [2.75, 3.05) is 38.9 Å². The number of pyridine rings is 2. The molecule has 46 heteroatoms. The van der Waals surface area contributed by atoms with Crippen LogP contribution in [0.1, 0.15) is 140 Å². The number of nitrogen functional groups attached to an aromatic ring is 1. The zero-order chi connectivity index (χ0) is 102. The smallest absolute Gasteiger partial charge is 0.326 e. The average Bonchev–Trinajstić information content (AvgIpc) is 1.60. The van der Waals surface area contributed by atoms with Gasteiger partial charge in [-0.05, 0) is 258 Å². The number of piperidine rings is 2. The number of likely N-dealkylation sites (tertiary alicyclic amines) is 1. The lowest BCUT2D eigenvalue weighted by molar-refractivity contribution is -0.156. The zero-order valence-electron chi connectivity index (χ0n) is 78.2. The maximum atomic E-state index is 13.7. The number of nitrogens with zero attached hydrogens (tertiary/aromatic N) is 15. The Hall–Kier alpha value is -14.8. The quantitative estimate of drug-likeness (QED) is 0.0221. The molecule has 18 N–H and O–H groups in total. The normalized spacial score (nSPS) is 15.6. The number of aliphatic hydroxyl groups is 1. The van der Waals surface area contributed by atoms with Crippen LogP contribution < -0.4 is 60.6 Å². The van der Waals surface area contributed by atoms with E-state index in [1.807, 2.05) is 56.3 Å². The number of fused-ring (bicyclic) bond motifs is 8. The van der Waals surface area contributed by atoms with E-state index in [4.69, 9.17) is 106 Å². The van der Waals surface area contributed by atoms with Gasteiger partial charge in [-0.25, -0.2) is 9.97 Å². The first kappa shape index (κ1) is 108. The van der Waals surface area contributed by atoms with Crippen LogP contribution in [0.3, 0.4) is 0 Å². The van der Waals surface area contributed by atoms with Crippen LogP contribution in [0.25, 0.3) is 43.6 Å². The standard InChI is InChI=1S/C28H27ClN8O3.C19H20ClN5O3.C15H12ClN5O3.C15H19N3O3.C13H17N3O.C4H2Cl2N2.C2H6O.ClH/c1-15-3-2-4-23(31-15)33-28(40)26-16-5-7-18(11-16)37(26)25(38)14-36-13-20(27(30)39)19-12-17(6-8-21(19)36)32-24-10-9-22(29)34-35-24;1-19(2,3)28-17(26)10-25-9-13(18(21)27)12-8-11(4-5-14(12)25)22-16-7-6-15(20)23-24-16;16-12-3-4-13(20-19-12)18-8-1-2-11-9(5-8)10(15(17)24)6-21(11)7-14(22)23;1-15(2,3)21-13(19)8-18-7-11(14(17)20)10-6-9(16)4-5-12(10)18;1-8-3-2-4-11(14-8)16-13(17)12-9-5-6-10(7-9)15-12;5-3-1-2-4(6)8-7-3;1-2-3;/h2-4,6,8-10,12-13,16,18,26H,5,7,11,14H2,1H3,(H2,30,39)(H,32,35)(H,31,33,40);4-9H,10H2,1-3H3,(H2,21,27)(H,22,24);1-6H,7H2,(H2,17,24)(H,18,20)(H,22,23);4-7H,8,16H2,1-3H3,(H2,17,20);2-4,9-10,12,15H,5-7H2,1H3,(H,14,16,17);1-2H;3H,2H2,1H3;1H/t16?,18?,26-;;;;9?,10?,12-;;;/m0...0.../s1. The van der Waals surface area contributed by atoms with Crippen LogP contribution in [0.5, 0.6) is 0 Å². The highest BCUT2D eigenvalue weighted by molar-refractivity contribution is 6.31. The molecule has 14 aromatic rings. The molecule has 744 valence electrons. The number of aliphatic carboxylic acids is 1. The number of anilines is 9. The van der Waals surface area contributed by atoms with E-state index in [9.17, 15) is 47.9 Å². The molecule has 40 nitrogen and oxygen atoms in total. The van der Waals surface area contributed by atoms with Gasteiger partial charge in [0.15, 0.2) is 43.2 Å². The number of amides is 7. The highest BCUT2D eigenvalue weighted by Crippen LogP contribution is 2.44. The van der Waals surface area contributed by atoms with E-state index >= 15 is 0 Å². The molecule has 4 aromatic carbocycles. The van der Waals surface area contributed by atoms with E-state index in [1.54, 1.807) is 201 Å². The number of benzene rings is 4. The molecular weight excluding hydrogens is 1950 g/mol.